The lowest BCUT2D eigenvalue weighted by Gasteiger charge is -2.37. The number of methoxy groups -OCH3 is 1. The fraction of sp³-hybridized carbons (Fsp3) is 0.571. The standard InChI is InChI=1S/C14H18O5/c1-16-13-11(15)12(10-8-18-14(13)19-10)17-7-9-5-3-2-4-6-9/h2-6,10-15H,7-8H2,1H3/t10-,11+,12-,13-,14-/m1/s1. The highest BCUT2D eigenvalue weighted by atomic mass is 16.8. The molecule has 0 saturated carbocycles. The van der Waals surface area contributed by atoms with Crippen LogP contribution in [0.5, 0.6) is 0 Å². The lowest BCUT2D eigenvalue weighted by molar-refractivity contribution is -0.247. The first-order valence-electron chi connectivity index (χ1n) is 6.43. The molecule has 1 aromatic carbocycles. The number of ether oxygens (including phenoxy) is 4. The Morgan fingerprint density at radius 2 is 2.05 bits per heavy atom. The molecule has 5 heteroatoms. The largest absolute Gasteiger partial charge is 0.387 e. The first kappa shape index (κ1) is 13.0. The molecule has 0 unspecified atom stereocenters. The van der Waals surface area contributed by atoms with Gasteiger partial charge in [0.05, 0.1) is 13.2 Å². The Labute approximate surface area is 112 Å². The number of aliphatic hydroxyl groups is 1. The molecule has 2 aliphatic rings. The highest BCUT2D eigenvalue weighted by Gasteiger charge is 2.51. The summed E-state index contributed by atoms with van der Waals surface area (Å²) in [7, 11) is 1.54. The van der Waals surface area contributed by atoms with Crippen molar-refractivity contribution in [2.75, 3.05) is 13.7 Å². The second-order valence-electron chi connectivity index (χ2n) is 4.83. The van der Waals surface area contributed by atoms with Crippen LogP contribution in [0.1, 0.15) is 5.56 Å². The zero-order valence-electron chi connectivity index (χ0n) is 10.8. The molecule has 0 aromatic heterocycles. The Morgan fingerprint density at radius 1 is 1.26 bits per heavy atom. The lowest BCUT2D eigenvalue weighted by atomic mass is 10.0. The van der Waals surface area contributed by atoms with Gasteiger partial charge < -0.3 is 24.1 Å². The van der Waals surface area contributed by atoms with Gasteiger partial charge in [-0.05, 0) is 5.56 Å². The first-order valence-corrected chi connectivity index (χ1v) is 6.43. The fourth-order valence-electron chi connectivity index (χ4n) is 2.58. The molecule has 0 radical (unpaired) electrons. The minimum Gasteiger partial charge on any atom is -0.387 e. The summed E-state index contributed by atoms with van der Waals surface area (Å²) in [6, 6.07) is 9.84. The summed E-state index contributed by atoms with van der Waals surface area (Å²) in [4.78, 5) is 0. The van der Waals surface area contributed by atoms with Gasteiger partial charge in [0.2, 0.25) is 0 Å². The molecule has 1 aromatic rings. The zero-order valence-corrected chi connectivity index (χ0v) is 10.8. The minimum atomic E-state index is -0.736. The van der Waals surface area contributed by atoms with Crippen molar-refractivity contribution in [3.8, 4) is 0 Å². The second-order valence-corrected chi connectivity index (χ2v) is 4.83. The van der Waals surface area contributed by atoms with Crippen molar-refractivity contribution >= 4 is 0 Å². The van der Waals surface area contributed by atoms with Gasteiger partial charge in [-0.2, -0.15) is 0 Å². The summed E-state index contributed by atoms with van der Waals surface area (Å²) < 4.78 is 22.1. The second kappa shape index (κ2) is 5.56. The Morgan fingerprint density at radius 3 is 2.79 bits per heavy atom. The van der Waals surface area contributed by atoms with E-state index in [2.05, 4.69) is 0 Å². The van der Waals surface area contributed by atoms with E-state index in [0.717, 1.165) is 5.56 Å². The smallest absolute Gasteiger partial charge is 0.187 e. The van der Waals surface area contributed by atoms with E-state index in [1.165, 1.54) is 7.11 Å². The zero-order chi connectivity index (χ0) is 13.2. The van der Waals surface area contributed by atoms with Gasteiger partial charge in [0.15, 0.2) is 6.29 Å². The third kappa shape index (κ3) is 2.52. The summed E-state index contributed by atoms with van der Waals surface area (Å²) in [5.74, 6) is 0. The van der Waals surface area contributed by atoms with Crippen molar-refractivity contribution < 1.29 is 24.1 Å². The molecule has 2 bridgehead atoms. The number of benzene rings is 1. The van der Waals surface area contributed by atoms with E-state index in [1.807, 2.05) is 30.3 Å². The van der Waals surface area contributed by atoms with E-state index in [4.69, 9.17) is 18.9 Å². The Kier molecular flexibility index (Phi) is 3.81. The lowest BCUT2D eigenvalue weighted by Crippen LogP contribution is -2.55. The molecular weight excluding hydrogens is 248 g/mol. The predicted molar refractivity (Wildman–Crippen MR) is 66.4 cm³/mol. The molecule has 2 heterocycles. The molecule has 5 nitrogen and oxygen atoms in total. The number of rotatable bonds is 4. The average Bonchev–Trinajstić information content (AvgIpc) is 2.86. The van der Waals surface area contributed by atoms with E-state index < -0.39 is 24.6 Å². The van der Waals surface area contributed by atoms with Crippen LogP contribution in [0.15, 0.2) is 30.3 Å². The van der Waals surface area contributed by atoms with Crippen molar-refractivity contribution in [3.05, 3.63) is 35.9 Å². The van der Waals surface area contributed by atoms with Crippen LogP contribution in [0.25, 0.3) is 0 Å². The van der Waals surface area contributed by atoms with Crippen LogP contribution in [0.3, 0.4) is 0 Å². The third-order valence-corrected chi connectivity index (χ3v) is 3.60. The average molecular weight is 266 g/mol. The maximum absolute atomic E-state index is 10.3. The molecule has 19 heavy (non-hydrogen) atoms. The Hall–Kier alpha value is -0.980. The molecule has 104 valence electrons. The van der Waals surface area contributed by atoms with Crippen LogP contribution in [-0.4, -0.2) is 49.5 Å². The normalized spacial score (nSPS) is 37.5. The van der Waals surface area contributed by atoms with Crippen molar-refractivity contribution in [1.82, 2.24) is 0 Å². The predicted octanol–water partition coefficient (Wildman–Crippen LogP) is 0.703. The van der Waals surface area contributed by atoms with E-state index >= 15 is 0 Å². The molecule has 0 amide bonds. The number of fused-ring (bicyclic) bond motifs is 2. The molecule has 2 fully saturated rings. The fourth-order valence-corrected chi connectivity index (χ4v) is 2.58. The van der Waals surface area contributed by atoms with Crippen molar-refractivity contribution in [1.29, 1.82) is 0 Å². The van der Waals surface area contributed by atoms with Crippen LogP contribution in [-0.2, 0) is 25.6 Å². The van der Waals surface area contributed by atoms with Crippen LogP contribution in [0, 0.1) is 0 Å². The molecule has 2 aliphatic heterocycles. The molecule has 0 spiro atoms. The molecule has 0 aliphatic carbocycles. The Bertz CT molecular complexity index is 410. The van der Waals surface area contributed by atoms with Crippen molar-refractivity contribution in [2.45, 2.75) is 37.3 Å². The van der Waals surface area contributed by atoms with Gasteiger partial charge in [-0.15, -0.1) is 0 Å². The molecule has 2 saturated heterocycles. The maximum atomic E-state index is 10.3. The number of hydrogen-bond donors (Lipinski definition) is 1. The van der Waals surface area contributed by atoms with Gasteiger partial charge in [0, 0.05) is 7.11 Å². The van der Waals surface area contributed by atoms with Crippen LogP contribution < -0.4 is 0 Å². The summed E-state index contributed by atoms with van der Waals surface area (Å²) in [5.41, 5.74) is 1.06. The minimum absolute atomic E-state index is 0.227. The summed E-state index contributed by atoms with van der Waals surface area (Å²) in [6.07, 6.45) is -2.37. The van der Waals surface area contributed by atoms with Crippen LogP contribution in [0.4, 0.5) is 0 Å². The SMILES string of the molecule is CO[C@H]1[C@@H]2OC[C@@H](O2)[C@@H](OCc2ccccc2)[C@@H]1O. The highest BCUT2D eigenvalue weighted by molar-refractivity contribution is 5.13. The van der Waals surface area contributed by atoms with Gasteiger partial charge >= 0.3 is 0 Å². The highest BCUT2D eigenvalue weighted by Crippen LogP contribution is 2.31. The topological polar surface area (TPSA) is 57.2 Å². The van der Waals surface area contributed by atoms with E-state index in [-0.39, 0.29) is 6.10 Å². The molecule has 1 N–H and O–H groups in total. The number of hydrogen-bond acceptors (Lipinski definition) is 5. The van der Waals surface area contributed by atoms with Crippen LogP contribution in [0.2, 0.25) is 0 Å². The van der Waals surface area contributed by atoms with Gasteiger partial charge in [-0.3, -0.25) is 0 Å². The van der Waals surface area contributed by atoms with Gasteiger partial charge in [-0.25, -0.2) is 0 Å². The van der Waals surface area contributed by atoms with E-state index in [0.29, 0.717) is 13.2 Å². The van der Waals surface area contributed by atoms with E-state index in [1.54, 1.807) is 0 Å². The first-order chi connectivity index (χ1) is 9.29. The van der Waals surface area contributed by atoms with Gasteiger partial charge in [0.25, 0.3) is 0 Å². The maximum Gasteiger partial charge on any atom is 0.187 e. The van der Waals surface area contributed by atoms with Gasteiger partial charge in [-0.1, -0.05) is 30.3 Å². The molecule has 5 atom stereocenters. The summed E-state index contributed by atoms with van der Waals surface area (Å²) in [5, 5.41) is 10.3. The Balaban J connectivity index is 1.66. The quantitative estimate of drug-likeness (QED) is 0.869. The summed E-state index contributed by atoms with van der Waals surface area (Å²) >= 11 is 0. The summed E-state index contributed by atoms with van der Waals surface area (Å²) in [6.45, 7) is 0.866. The number of aliphatic hydroxyl groups excluding tert-OH is 1. The molecular formula is C14H18O5. The van der Waals surface area contributed by atoms with Crippen molar-refractivity contribution in [2.24, 2.45) is 0 Å². The van der Waals surface area contributed by atoms with Gasteiger partial charge in [0.1, 0.15) is 24.4 Å². The monoisotopic (exact) mass is 266 g/mol. The van der Waals surface area contributed by atoms with E-state index in [9.17, 15) is 5.11 Å². The molecule has 3 rings (SSSR count). The van der Waals surface area contributed by atoms with Crippen molar-refractivity contribution in [3.63, 3.8) is 0 Å². The van der Waals surface area contributed by atoms with Crippen LogP contribution >= 0.6 is 0 Å². The third-order valence-electron chi connectivity index (χ3n) is 3.60.